The molecule has 1 aromatic rings. The van der Waals surface area contributed by atoms with E-state index in [0.717, 1.165) is 16.2 Å². The highest BCUT2D eigenvalue weighted by molar-refractivity contribution is 9.10. The molecule has 0 aromatic heterocycles. The zero-order chi connectivity index (χ0) is 12.9. The first-order valence-corrected chi connectivity index (χ1v) is 9.06. The van der Waals surface area contributed by atoms with Gasteiger partial charge in [-0.3, -0.25) is 0 Å². The molecule has 1 atom stereocenters. The van der Waals surface area contributed by atoms with Crippen LogP contribution in [0.2, 0.25) is 0 Å². The van der Waals surface area contributed by atoms with Gasteiger partial charge in [-0.25, -0.2) is 8.42 Å². The van der Waals surface area contributed by atoms with Crippen LogP contribution in [-0.2, 0) is 9.84 Å². The van der Waals surface area contributed by atoms with Gasteiger partial charge < -0.3 is 0 Å². The average Bonchev–Trinajstić information content (AvgIpc) is 2.28. The van der Waals surface area contributed by atoms with Gasteiger partial charge in [0, 0.05) is 9.80 Å². The zero-order valence-corrected chi connectivity index (χ0v) is 13.7. The molecule has 0 amide bonds. The highest BCUT2D eigenvalue weighted by atomic mass is 79.9. The van der Waals surface area contributed by atoms with Crippen LogP contribution >= 0.6 is 31.9 Å². The van der Waals surface area contributed by atoms with Crippen molar-refractivity contribution in [2.75, 3.05) is 11.1 Å². The lowest BCUT2D eigenvalue weighted by Gasteiger charge is -2.10. The third kappa shape index (κ3) is 5.10. The van der Waals surface area contributed by atoms with Crippen LogP contribution in [0.15, 0.2) is 33.6 Å². The maximum atomic E-state index is 12.0. The molecule has 0 heterocycles. The summed E-state index contributed by atoms with van der Waals surface area (Å²) in [5, 5.41) is 0.923. The molecule has 0 radical (unpaired) electrons. The van der Waals surface area contributed by atoms with E-state index in [-0.39, 0.29) is 5.75 Å². The molecule has 1 unspecified atom stereocenters. The Morgan fingerprint density at radius 2 is 1.76 bits per heavy atom. The lowest BCUT2D eigenvalue weighted by atomic mass is 10.1. The van der Waals surface area contributed by atoms with Crippen LogP contribution < -0.4 is 0 Å². The van der Waals surface area contributed by atoms with Gasteiger partial charge in [0.05, 0.1) is 10.6 Å². The molecule has 96 valence electrons. The van der Waals surface area contributed by atoms with Crippen molar-refractivity contribution in [1.29, 1.82) is 0 Å². The molecule has 1 rings (SSSR count). The lowest BCUT2D eigenvalue weighted by Crippen LogP contribution is -2.10. The Balaban J connectivity index is 2.66. The van der Waals surface area contributed by atoms with Crippen LogP contribution in [0.5, 0.6) is 0 Å². The van der Waals surface area contributed by atoms with Crippen molar-refractivity contribution in [2.45, 2.75) is 24.7 Å². The van der Waals surface area contributed by atoms with E-state index in [0.29, 0.717) is 17.2 Å². The van der Waals surface area contributed by atoms with Gasteiger partial charge in [0.25, 0.3) is 0 Å². The number of hydrogen-bond donors (Lipinski definition) is 0. The van der Waals surface area contributed by atoms with Gasteiger partial charge in [-0.05, 0) is 43.0 Å². The third-order valence-corrected chi connectivity index (χ3v) is 5.40. The molecule has 0 fully saturated rings. The molecule has 2 nitrogen and oxygen atoms in total. The normalized spacial score (nSPS) is 13.6. The topological polar surface area (TPSA) is 34.1 Å². The average molecular weight is 384 g/mol. The molecule has 0 aliphatic heterocycles. The van der Waals surface area contributed by atoms with Crippen molar-refractivity contribution in [1.82, 2.24) is 0 Å². The number of rotatable bonds is 6. The highest BCUT2D eigenvalue weighted by Crippen LogP contribution is 2.18. The summed E-state index contributed by atoms with van der Waals surface area (Å²) >= 11 is 6.66. The van der Waals surface area contributed by atoms with Crippen molar-refractivity contribution in [3.63, 3.8) is 0 Å². The second-order valence-corrected chi connectivity index (χ2v) is 7.96. The summed E-state index contributed by atoms with van der Waals surface area (Å²) in [5.74, 6) is 0.655. The van der Waals surface area contributed by atoms with E-state index in [4.69, 9.17) is 0 Å². The molecular formula is C12H16Br2O2S. The summed E-state index contributed by atoms with van der Waals surface area (Å²) in [6.07, 6.45) is 1.72. The summed E-state index contributed by atoms with van der Waals surface area (Å²) < 4.78 is 24.9. The van der Waals surface area contributed by atoms with E-state index >= 15 is 0 Å². The lowest BCUT2D eigenvalue weighted by molar-refractivity contribution is 0.536. The van der Waals surface area contributed by atoms with Crippen molar-refractivity contribution in [2.24, 2.45) is 5.92 Å². The monoisotopic (exact) mass is 382 g/mol. The van der Waals surface area contributed by atoms with Gasteiger partial charge in [-0.15, -0.1) is 0 Å². The number of benzene rings is 1. The molecular weight excluding hydrogens is 368 g/mol. The Hall–Kier alpha value is 0.130. The first-order chi connectivity index (χ1) is 7.95. The van der Waals surface area contributed by atoms with Crippen LogP contribution in [0.1, 0.15) is 19.8 Å². The molecule has 0 saturated heterocycles. The number of halogens is 2. The van der Waals surface area contributed by atoms with Crippen molar-refractivity contribution >= 4 is 41.7 Å². The SMILES string of the molecule is CC(CCBr)CCS(=O)(=O)c1ccc(Br)cc1. The van der Waals surface area contributed by atoms with E-state index in [9.17, 15) is 8.42 Å². The molecule has 17 heavy (non-hydrogen) atoms. The molecule has 5 heteroatoms. The Bertz CT molecular complexity index is 440. The van der Waals surface area contributed by atoms with E-state index in [1.807, 2.05) is 0 Å². The van der Waals surface area contributed by atoms with E-state index in [2.05, 4.69) is 38.8 Å². The van der Waals surface area contributed by atoms with Crippen LogP contribution in [0.3, 0.4) is 0 Å². The Labute approximate surface area is 120 Å². The summed E-state index contributed by atoms with van der Waals surface area (Å²) in [6, 6.07) is 6.81. The van der Waals surface area contributed by atoms with Gasteiger partial charge >= 0.3 is 0 Å². The summed E-state index contributed by atoms with van der Waals surface area (Å²) in [5.41, 5.74) is 0. The Morgan fingerprint density at radius 3 is 2.29 bits per heavy atom. The first kappa shape index (κ1) is 15.2. The highest BCUT2D eigenvalue weighted by Gasteiger charge is 2.15. The van der Waals surface area contributed by atoms with Crippen LogP contribution in [-0.4, -0.2) is 19.5 Å². The van der Waals surface area contributed by atoms with Crippen molar-refractivity contribution in [3.05, 3.63) is 28.7 Å². The Kier molecular flexibility index (Phi) is 6.17. The van der Waals surface area contributed by atoms with E-state index in [1.165, 1.54) is 0 Å². The molecule has 0 aliphatic carbocycles. The van der Waals surface area contributed by atoms with Crippen LogP contribution in [0.25, 0.3) is 0 Å². The fourth-order valence-electron chi connectivity index (χ4n) is 1.45. The maximum Gasteiger partial charge on any atom is 0.178 e. The molecule has 0 spiro atoms. The predicted octanol–water partition coefficient (Wildman–Crippen LogP) is 4.03. The molecule has 1 aromatic carbocycles. The van der Waals surface area contributed by atoms with E-state index < -0.39 is 9.84 Å². The van der Waals surface area contributed by atoms with Crippen LogP contribution in [0, 0.1) is 5.92 Å². The molecule has 0 bridgehead atoms. The van der Waals surface area contributed by atoms with Gasteiger partial charge in [0.1, 0.15) is 0 Å². The number of sulfone groups is 1. The summed E-state index contributed by atoms with van der Waals surface area (Å²) in [7, 11) is -3.13. The molecule has 0 N–H and O–H groups in total. The fourth-order valence-corrected chi connectivity index (χ4v) is 3.99. The summed E-state index contributed by atoms with van der Waals surface area (Å²) in [6.45, 7) is 2.08. The maximum absolute atomic E-state index is 12.0. The second kappa shape index (κ2) is 6.90. The third-order valence-electron chi connectivity index (χ3n) is 2.65. The molecule has 0 aliphatic rings. The first-order valence-electron chi connectivity index (χ1n) is 5.50. The zero-order valence-electron chi connectivity index (χ0n) is 9.70. The largest absolute Gasteiger partial charge is 0.224 e. The van der Waals surface area contributed by atoms with Gasteiger partial charge in [-0.2, -0.15) is 0 Å². The minimum Gasteiger partial charge on any atom is -0.224 e. The number of hydrogen-bond acceptors (Lipinski definition) is 2. The number of alkyl halides is 1. The van der Waals surface area contributed by atoms with Crippen LogP contribution in [0.4, 0.5) is 0 Å². The van der Waals surface area contributed by atoms with Gasteiger partial charge in [0.2, 0.25) is 0 Å². The van der Waals surface area contributed by atoms with Crippen molar-refractivity contribution in [3.8, 4) is 0 Å². The minimum absolute atomic E-state index is 0.225. The second-order valence-electron chi connectivity index (χ2n) is 4.14. The van der Waals surface area contributed by atoms with E-state index in [1.54, 1.807) is 24.3 Å². The standard InChI is InChI=1S/C12H16Br2O2S/c1-10(6-8-13)7-9-17(15,16)12-4-2-11(14)3-5-12/h2-5,10H,6-9H2,1H3. The van der Waals surface area contributed by atoms with Gasteiger partial charge in [-0.1, -0.05) is 38.8 Å². The molecule has 0 saturated carbocycles. The van der Waals surface area contributed by atoms with Gasteiger partial charge in [0.15, 0.2) is 9.84 Å². The smallest absolute Gasteiger partial charge is 0.178 e. The fraction of sp³-hybridized carbons (Fsp3) is 0.500. The quantitative estimate of drug-likeness (QED) is 0.694. The summed E-state index contributed by atoms with van der Waals surface area (Å²) in [4.78, 5) is 0.409. The Morgan fingerprint density at radius 1 is 1.18 bits per heavy atom. The minimum atomic E-state index is -3.13. The van der Waals surface area contributed by atoms with Crippen molar-refractivity contribution < 1.29 is 8.42 Å². The predicted molar refractivity (Wildman–Crippen MR) is 78.4 cm³/mol.